The normalized spacial score (nSPS) is 25.1. The number of nitrogens with zero attached hydrogens (tertiary/aromatic N) is 2. The second-order valence-electron chi connectivity index (χ2n) is 19.4. The van der Waals surface area contributed by atoms with Crippen LogP contribution in [0.2, 0.25) is 0 Å². The van der Waals surface area contributed by atoms with Gasteiger partial charge >= 0.3 is 12.1 Å². The van der Waals surface area contributed by atoms with Crippen LogP contribution >= 0.6 is 0 Å². The van der Waals surface area contributed by atoms with Crippen LogP contribution in [0.5, 0.6) is 0 Å². The molecule has 0 spiro atoms. The molecule has 2 aromatic carbocycles. The van der Waals surface area contributed by atoms with E-state index in [2.05, 4.69) is 31.9 Å². The molecule has 0 aromatic heterocycles. The van der Waals surface area contributed by atoms with Crippen molar-refractivity contribution >= 4 is 53.4 Å². The van der Waals surface area contributed by atoms with Crippen molar-refractivity contribution in [2.24, 2.45) is 17.8 Å². The third-order valence-corrected chi connectivity index (χ3v) is 12.2. The molecule has 20 nitrogen and oxygen atoms in total. The van der Waals surface area contributed by atoms with Crippen LogP contribution < -0.4 is 31.9 Å². The van der Waals surface area contributed by atoms with Gasteiger partial charge in [0.05, 0.1) is 0 Å². The number of nitrogens with one attached hydrogen (secondary N) is 6. The molecule has 20 heteroatoms. The largest absolute Gasteiger partial charge is 0.458 e. The number of carbonyl (C=O) groups is 9. The highest BCUT2D eigenvalue weighted by molar-refractivity contribution is 5.98. The SMILES string of the molecule is CC(C)C[C@@H]1NC(=O)[C@@H](NC(=O)[C@H](C)NC(=O)C(C)NC(=O)OCc2ccccc2)[C@@H](C)OC(=O)[C@H](C(C)C)NC(=O)[C@H](Cc2ccccc2)N(C)C(=O)[C@H](CC(C)C)N2C(=O)[C@H](CC[C@H]2O)NC1=O. The van der Waals surface area contributed by atoms with Gasteiger partial charge in [-0.05, 0) is 75.3 Å². The molecule has 0 aliphatic carbocycles. The summed E-state index contributed by atoms with van der Waals surface area (Å²) in [6.45, 7) is 14.6. The molecule has 2 fully saturated rings. The summed E-state index contributed by atoms with van der Waals surface area (Å²) in [5, 5.41) is 27.0. The first-order valence-electron chi connectivity index (χ1n) is 24.0. The highest BCUT2D eigenvalue weighted by Gasteiger charge is 2.46. The number of alkyl carbamates (subject to hydrolysis) is 1. The van der Waals surface area contributed by atoms with Crippen molar-refractivity contribution in [1.29, 1.82) is 0 Å². The summed E-state index contributed by atoms with van der Waals surface area (Å²) in [5.41, 5.74) is 1.40. The van der Waals surface area contributed by atoms with Crippen LogP contribution in [0.1, 0.15) is 99.1 Å². The minimum Gasteiger partial charge on any atom is -0.458 e. The maximum absolute atomic E-state index is 14.8. The predicted molar refractivity (Wildman–Crippen MR) is 256 cm³/mol. The molecule has 2 aliphatic rings. The molecule has 0 radical (unpaired) electrons. The lowest BCUT2D eigenvalue weighted by atomic mass is 9.94. The maximum Gasteiger partial charge on any atom is 0.408 e. The number of hydrogen-bond donors (Lipinski definition) is 7. The number of ether oxygens (including phenoxy) is 2. The zero-order valence-electron chi connectivity index (χ0n) is 41.9. The first kappa shape index (κ1) is 56.0. The van der Waals surface area contributed by atoms with E-state index in [4.69, 9.17) is 9.47 Å². The van der Waals surface area contributed by atoms with E-state index in [1.807, 2.05) is 19.9 Å². The Morgan fingerprint density at radius 2 is 1.30 bits per heavy atom. The number of esters is 1. The zero-order valence-corrected chi connectivity index (χ0v) is 41.9. The molecule has 1 unspecified atom stereocenters. The number of aliphatic hydroxyl groups excluding tert-OH is 1. The van der Waals surface area contributed by atoms with E-state index in [0.717, 1.165) is 10.5 Å². The molecule has 2 aromatic rings. The molecule has 2 bridgehead atoms. The molecule has 2 aliphatic heterocycles. The van der Waals surface area contributed by atoms with E-state index >= 15 is 0 Å². The number of hydrogen-bond acceptors (Lipinski definition) is 12. The molecule has 10 atom stereocenters. The second-order valence-corrected chi connectivity index (χ2v) is 19.4. The van der Waals surface area contributed by atoms with Gasteiger partial charge in [-0.15, -0.1) is 0 Å². The summed E-state index contributed by atoms with van der Waals surface area (Å²) < 4.78 is 11.1. The summed E-state index contributed by atoms with van der Waals surface area (Å²) in [4.78, 5) is 128. The average Bonchev–Trinajstić information content (AvgIpc) is 3.30. The number of amides is 8. The van der Waals surface area contributed by atoms with Crippen molar-refractivity contribution in [1.82, 2.24) is 41.7 Å². The van der Waals surface area contributed by atoms with Crippen LogP contribution in [0.15, 0.2) is 60.7 Å². The van der Waals surface area contributed by atoms with Crippen LogP contribution in [0.4, 0.5) is 4.79 Å². The van der Waals surface area contributed by atoms with Gasteiger partial charge in [-0.1, -0.05) is 102 Å². The van der Waals surface area contributed by atoms with Crippen LogP contribution in [-0.2, 0) is 60.9 Å². The number of rotatable bonds is 14. The second kappa shape index (κ2) is 25.9. The standard InChI is InChI=1S/C50H72N8O12/c1-27(2)23-36-44(62)53-35-21-22-39(59)58(47(35)65)38(24-28(3)4)48(66)57(10)37(25-33-17-13-11-14-18-33)45(63)55-40(29(5)6)49(67)70-32(9)41(46(64)54-36)56-43(61)30(7)51-42(60)31(8)52-50(68)69-26-34-19-15-12-16-20-34/h11-20,27-32,35-41,59H,21-26H2,1-10H3,(H,51,60)(H,52,68)(H,53,62)(H,54,64)(H,55,63)(H,56,61)/t30-,31?,32+,35-,36-,37-,38-,39+,40-,41-/m0/s1. The Bertz CT molecular complexity index is 2160. The Hall–Kier alpha value is -6.57. The minimum absolute atomic E-state index is 0.00305. The Morgan fingerprint density at radius 1 is 0.714 bits per heavy atom. The first-order valence-corrected chi connectivity index (χ1v) is 24.0. The molecule has 4 rings (SSSR count). The lowest BCUT2D eigenvalue weighted by molar-refractivity contribution is -0.166. The molecule has 7 N–H and O–H groups in total. The molecular formula is C50H72N8O12. The zero-order chi connectivity index (χ0) is 52.0. The van der Waals surface area contributed by atoms with Crippen LogP contribution in [0.25, 0.3) is 0 Å². The third kappa shape index (κ3) is 15.7. The molecule has 2 heterocycles. The fraction of sp³-hybridized carbons (Fsp3) is 0.580. The topological polar surface area (TPSA) is 271 Å². The van der Waals surface area contributed by atoms with Crippen molar-refractivity contribution < 1.29 is 57.7 Å². The van der Waals surface area contributed by atoms with Gasteiger partial charge in [-0.25, -0.2) is 9.59 Å². The fourth-order valence-electron chi connectivity index (χ4n) is 8.21. The van der Waals surface area contributed by atoms with Crippen molar-refractivity contribution in [3.05, 3.63) is 71.8 Å². The Morgan fingerprint density at radius 3 is 1.89 bits per heavy atom. The van der Waals surface area contributed by atoms with Crippen molar-refractivity contribution in [3.63, 3.8) is 0 Å². The van der Waals surface area contributed by atoms with Crippen LogP contribution in [-0.4, -0.2) is 136 Å². The highest BCUT2D eigenvalue weighted by atomic mass is 16.6. The number of fused-ring (bicyclic) bond motifs is 2. The number of cyclic esters (lactones) is 1. The van der Waals surface area contributed by atoms with E-state index < -0.39 is 120 Å². The number of benzene rings is 2. The van der Waals surface area contributed by atoms with Gasteiger partial charge < -0.3 is 56.3 Å². The smallest absolute Gasteiger partial charge is 0.408 e. The van der Waals surface area contributed by atoms with Gasteiger partial charge in [-0.3, -0.25) is 33.6 Å². The molecule has 384 valence electrons. The van der Waals surface area contributed by atoms with Gasteiger partial charge in [0.2, 0.25) is 41.4 Å². The van der Waals surface area contributed by atoms with Crippen LogP contribution in [0.3, 0.4) is 0 Å². The van der Waals surface area contributed by atoms with E-state index in [0.29, 0.717) is 5.56 Å². The molecule has 2 saturated heterocycles. The third-order valence-electron chi connectivity index (χ3n) is 12.2. The van der Waals surface area contributed by atoms with Gasteiger partial charge in [0.15, 0.2) is 0 Å². The summed E-state index contributed by atoms with van der Waals surface area (Å²) in [6.07, 6.45) is -3.66. The summed E-state index contributed by atoms with van der Waals surface area (Å²) in [7, 11) is 1.42. The van der Waals surface area contributed by atoms with Gasteiger partial charge in [0.25, 0.3) is 0 Å². The Balaban J connectivity index is 1.70. The maximum atomic E-state index is 14.8. The first-order chi connectivity index (χ1) is 33.0. The van der Waals surface area contributed by atoms with Crippen molar-refractivity contribution in [2.45, 2.75) is 162 Å². The quantitative estimate of drug-likeness (QED) is 0.134. The number of piperidine rings is 1. The lowest BCUT2D eigenvalue weighted by Gasteiger charge is -2.43. The van der Waals surface area contributed by atoms with Gasteiger partial charge in [-0.2, -0.15) is 0 Å². The van der Waals surface area contributed by atoms with Crippen molar-refractivity contribution in [2.75, 3.05) is 7.05 Å². The summed E-state index contributed by atoms with van der Waals surface area (Å²) >= 11 is 0. The van der Waals surface area contributed by atoms with E-state index in [-0.39, 0.29) is 50.5 Å². The van der Waals surface area contributed by atoms with E-state index in [1.54, 1.807) is 82.3 Å². The molecule has 70 heavy (non-hydrogen) atoms. The minimum atomic E-state index is -1.71. The Kier molecular flexibility index (Phi) is 20.7. The summed E-state index contributed by atoms with van der Waals surface area (Å²) in [6, 6.07) is 7.11. The van der Waals surface area contributed by atoms with Crippen molar-refractivity contribution in [3.8, 4) is 0 Å². The van der Waals surface area contributed by atoms with Gasteiger partial charge in [0.1, 0.15) is 67.3 Å². The van der Waals surface area contributed by atoms with Crippen LogP contribution in [0, 0.1) is 17.8 Å². The molecular weight excluding hydrogens is 905 g/mol. The summed E-state index contributed by atoms with van der Waals surface area (Å²) in [5.74, 6) is -7.54. The molecule has 8 amide bonds. The number of carbonyl (C=O) groups excluding carboxylic acids is 9. The van der Waals surface area contributed by atoms with Gasteiger partial charge in [0, 0.05) is 13.5 Å². The average molecular weight is 977 g/mol. The number of likely N-dealkylation sites (N-methyl/N-ethyl adjacent to an activating group) is 1. The highest BCUT2D eigenvalue weighted by Crippen LogP contribution is 2.26. The number of aliphatic hydroxyl groups is 1. The fourth-order valence-corrected chi connectivity index (χ4v) is 8.21. The molecule has 0 saturated carbocycles. The monoisotopic (exact) mass is 977 g/mol. The van der Waals surface area contributed by atoms with E-state index in [1.165, 1.54) is 32.7 Å². The Labute approximate surface area is 410 Å². The van der Waals surface area contributed by atoms with E-state index in [9.17, 15) is 48.3 Å². The predicted octanol–water partition coefficient (Wildman–Crippen LogP) is 1.82. The lowest BCUT2D eigenvalue weighted by Crippen LogP contribution is -2.65.